The summed E-state index contributed by atoms with van der Waals surface area (Å²) in [5, 5.41) is 28.6. The Kier molecular flexibility index (Phi) is 8.53. The van der Waals surface area contributed by atoms with E-state index in [1.807, 2.05) is 6.07 Å². The molecule has 4 heterocycles. The number of amidine groups is 1. The standard InChI is InChI=1S/C25H17ClF5N11O2S/c1-12-7-13(10-32)8-15(20(43)36-23-34-5-6-45-23)18(12)35-21(44)17-9-14(38-42(17)19-16(26)3-2-4-33-19)11-41-39-22(37-40-41)24(27,28)25(29,30)31/h2-4,7-9H,5-6,11H2,1H3,(H,35,44)(H,34,36,43). The van der Waals surface area contributed by atoms with Crippen LogP contribution in [0.15, 0.2) is 41.5 Å². The van der Waals surface area contributed by atoms with Crippen LogP contribution in [0.4, 0.5) is 27.6 Å². The van der Waals surface area contributed by atoms with Crippen LogP contribution in [0.2, 0.25) is 5.02 Å². The molecule has 20 heteroatoms. The van der Waals surface area contributed by atoms with Gasteiger partial charge in [-0.05, 0) is 48.0 Å². The number of carbonyl (C=O) groups is 2. The maximum atomic E-state index is 13.7. The third-order valence-corrected chi connectivity index (χ3v) is 7.27. The molecule has 0 saturated carbocycles. The third kappa shape index (κ3) is 6.46. The monoisotopic (exact) mass is 665 g/mol. The van der Waals surface area contributed by atoms with Gasteiger partial charge in [0.2, 0.25) is 0 Å². The van der Waals surface area contributed by atoms with Gasteiger partial charge in [0.05, 0.1) is 40.1 Å². The minimum Gasteiger partial charge on any atom is -0.320 e. The number of hydrogen-bond donors (Lipinski definition) is 2. The summed E-state index contributed by atoms with van der Waals surface area (Å²) in [6.07, 6.45) is -4.60. The second kappa shape index (κ2) is 12.2. The van der Waals surface area contributed by atoms with Crippen molar-refractivity contribution in [2.24, 2.45) is 4.99 Å². The van der Waals surface area contributed by atoms with Gasteiger partial charge in [-0.3, -0.25) is 14.6 Å². The first-order valence-corrected chi connectivity index (χ1v) is 13.9. The van der Waals surface area contributed by atoms with Crippen LogP contribution < -0.4 is 10.6 Å². The minimum atomic E-state index is -5.95. The van der Waals surface area contributed by atoms with E-state index in [0.29, 0.717) is 27.8 Å². The van der Waals surface area contributed by atoms with E-state index < -0.39 is 36.3 Å². The molecule has 3 aromatic heterocycles. The van der Waals surface area contributed by atoms with E-state index in [4.69, 9.17) is 11.6 Å². The van der Waals surface area contributed by atoms with Crippen LogP contribution in [0.1, 0.15) is 43.5 Å². The molecule has 5 rings (SSSR count). The Hall–Kier alpha value is -4.96. The average Bonchev–Trinajstić information content (AvgIpc) is 3.76. The highest BCUT2D eigenvalue weighted by atomic mass is 35.5. The van der Waals surface area contributed by atoms with E-state index >= 15 is 0 Å². The highest BCUT2D eigenvalue weighted by Gasteiger charge is 2.62. The van der Waals surface area contributed by atoms with Crippen molar-refractivity contribution in [1.29, 1.82) is 5.26 Å². The molecule has 0 fully saturated rings. The molecule has 2 N–H and O–H groups in total. The summed E-state index contributed by atoms with van der Waals surface area (Å²) in [4.78, 5) is 35.6. The molecule has 0 bridgehead atoms. The largest absolute Gasteiger partial charge is 0.461 e. The molecule has 0 saturated heterocycles. The van der Waals surface area contributed by atoms with Gasteiger partial charge in [-0.2, -0.15) is 37.1 Å². The number of aryl methyl sites for hydroxylation is 1. The van der Waals surface area contributed by atoms with Crippen LogP contribution in [-0.4, -0.2) is 70.4 Å². The highest BCUT2D eigenvalue weighted by molar-refractivity contribution is 8.14. The number of aromatic nitrogens is 7. The lowest BCUT2D eigenvalue weighted by Gasteiger charge is -2.15. The van der Waals surface area contributed by atoms with Crippen LogP contribution in [0, 0.1) is 18.3 Å². The molecule has 2 amide bonds. The molecule has 1 aliphatic heterocycles. The van der Waals surface area contributed by atoms with Gasteiger partial charge in [-0.15, -0.1) is 10.2 Å². The molecular formula is C25H17ClF5N11O2S. The van der Waals surface area contributed by atoms with Crippen molar-refractivity contribution in [3.63, 3.8) is 0 Å². The summed E-state index contributed by atoms with van der Waals surface area (Å²) in [7, 11) is 0. The summed E-state index contributed by atoms with van der Waals surface area (Å²) in [5.41, 5.74) is 0.228. The fourth-order valence-electron chi connectivity index (χ4n) is 4.02. The summed E-state index contributed by atoms with van der Waals surface area (Å²) >= 11 is 7.61. The maximum Gasteiger partial charge on any atom is 0.461 e. The average molecular weight is 666 g/mol. The lowest BCUT2D eigenvalue weighted by Crippen LogP contribution is -2.35. The lowest BCUT2D eigenvalue weighted by atomic mass is 10.0. The molecule has 1 aromatic carbocycles. The number of tetrazole rings is 1. The van der Waals surface area contributed by atoms with Gasteiger partial charge in [0.25, 0.3) is 17.6 Å². The van der Waals surface area contributed by atoms with E-state index in [2.05, 4.69) is 41.1 Å². The number of carbonyl (C=O) groups excluding carboxylic acids is 2. The van der Waals surface area contributed by atoms with Crippen LogP contribution in [0.5, 0.6) is 0 Å². The molecule has 0 atom stereocenters. The van der Waals surface area contributed by atoms with Crippen LogP contribution >= 0.6 is 23.4 Å². The number of nitrogens with one attached hydrogen (secondary N) is 2. The van der Waals surface area contributed by atoms with E-state index in [-0.39, 0.29) is 39.0 Å². The number of alkyl halides is 5. The van der Waals surface area contributed by atoms with Gasteiger partial charge in [0.1, 0.15) is 12.2 Å². The number of nitriles is 1. The summed E-state index contributed by atoms with van der Waals surface area (Å²) in [6, 6.07) is 8.84. The zero-order valence-corrected chi connectivity index (χ0v) is 24.2. The van der Waals surface area contributed by atoms with Gasteiger partial charge in [-0.1, -0.05) is 23.4 Å². The van der Waals surface area contributed by atoms with Crippen molar-refractivity contribution in [1.82, 2.24) is 40.3 Å². The number of amides is 2. The number of thioether (sulfide) groups is 1. The molecule has 0 spiro atoms. The van der Waals surface area contributed by atoms with Crippen LogP contribution in [0.25, 0.3) is 5.82 Å². The SMILES string of the molecule is Cc1cc(C#N)cc(C(=O)NC2=NCCS2)c1NC(=O)c1cc(Cn2nnc(C(F)(F)C(F)(F)F)n2)nn1-c1ncccc1Cl. The predicted octanol–water partition coefficient (Wildman–Crippen LogP) is 3.87. The lowest BCUT2D eigenvalue weighted by molar-refractivity contribution is -0.292. The van der Waals surface area contributed by atoms with Crippen molar-refractivity contribution in [2.75, 3.05) is 17.6 Å². The van der Waals surface area contributed by atoms with Gasteiger partial charge in [0, 0.05) is 11.9 Å². The first kappa shape index (κ1) is 31.5. The number of halogens is 6. The van der Waals surface area contributed by atoms with Crippen LogP contribution in [0.3, 0.4) is 0 Å². The van der Waals surface area contributed by atoms with Crippen LogP contribution in [-0.2, 0) is 12.5 Å². The number of hydrogen-bond acceptors (Lipinski definition) is 10. The Labute approximate surface area is 258 Å². The predicted molar refractivity (Wildman–Crippen MR) is 149 cm³/mol. The number of aliphatic imine (C=N–C) groups is 1. The zero-order valence-electron chi connectivity index (χ0n) is 22.6. The van der Waals surface area contributed by atoms with Crippen molar-refractivity contribution in [2.45, 2.75) is 25.6 Å². The van der Waals surface area contributed by atoms with Gasteiger partial charge in [-0.25, -0.2) is 9.67 Å². The minimum absolute atomic E-state index is 0.0304. The van der Waals surface area contributed by atoms with Crippen molar-refractivity contribution >= 4 is 46.0 Å². The summed E-state index contributed by atoms with van der Waals surface area (Å²) in [5.74, 6) is -8.07. The molecule has 0 radical (unpaired) electrons. The second-order valence-corrected chi connectivity index (χ2v) is 10.7. The van der Waals surface area contributed by atoms with Gasteiger partial charge in [0.15, 0.2) is 11.0 Å². The van der Waals surface area contributed by atoms with Crippen molar-refractivity contribution < 1.29 is 31.5 Å². The fourth-order valence-corrected chi connectivity index (χ4v) is 4.95. The number of nitrogens with zero attached hydrogens (tertiary/aromatic N) is 9. The smallest absolute Gasteiger partial charge is 0.320 e. The molecule has 4 aromatic rings. The van der Waals surface area contributed by atoms with E-state index in [0.717, 1.165) is 4.68 Å². The molecule has 0 unspecified atom stereocenters. The topological polar surface area (TPSA) is 169 Å². The number of anilines is 1. The molecule has 232 valence electrons. The molecule has 45 heavy (non-hydrogen) atoms. The highest BCUT2D eigenvalue weighted by Crippen LogP contribution is 2.41. The first-order chi connectivity index (χ1) is 21.3. The Morgan fingerprint density at radius 1 is 1.13 bits per heavy atom. The zero-order chi connectivity index (χ0) is 32.5. The van der Waals surface area contributed by atoms with Crippen molar-refractivity contribution in [3.8, 4) is 11.9 Å². The number of benzene rings is 1. The van der Waals surface area contributed by atoms with E-state index in [1.54, 1.807) is 6.92 Å². The Morgan fingerprint density at radius 2 is 1.91 bits per heavy atom. The fraction of sp³-hybridized carbons (Fsp3) is 0.240. The molecule has 0 aliphatic carbocycles. The maximum absolute atomic E-state index is 13.7. The van der Waals surface area contributed by atoms with Gasteiger partial charge >= 0.3 is 12.1 Å². The molecule has 1 aliphatic rings. The van der Waals surface area contributed by atoms with E-state index in [1.165, 1.54) is 48.3 Å². The van der Waals surface area contributed by atoms with E-state index in [9.17, 15) is 36.8 Å². The summed E-state index contributed by atoms with van der Waals surface area (Å²) in [6.45, 7) is 1.50. The third-order valence-electron chi connectivity index (χ3n) is 6.08. The van der Waals surface area contributed by atoms with Gasteiger partial charge < -0.3 is 10.6 Å². The Bertz CT molecular complexity index is 1880. The first-order valence-electron chi connectivity index (χ1n) is 12.6. The molecule has 13 nitrogen and oxygen atoms in total. The Morgan fingerprint density at radius 3 is 2.58 bits per heavy atom. The quantitative estimate of drug-likeness (QED) is 0.278. The van der Waals surface area contributed by atoms with Crippen molar-refractivity contribution in [3.05, 3.63) is 75.5 Å². The Balaban J connectivity index is 1.51. The molecular weight excluding hydrogens is 649 g/mol. The summed E-state index contributed by atoms with van der Waals surface area (Å²) < 4.78 is 66.7. The number of rotatable bonds is 7. The number of pyridine rings is 1. The normalized spacial score (nSPS) is 13.3. The second-order valence-electron chi connectivity index (χ2n) is 9.23.